The zero-order chi connectivity index (χ0) is 82.9. The summed E-state index contributed by atoms with van der Waals surface area (Å²) in [5.41, 5.74) is 5.52. The molecule has 4 aliphatic heterocycles. The number of carboxylic acid groups (broad SMARTS) is 1. The van der Waals surface area contributed by atoms with Gasteiger partial charge in [-0.2, -0.15) is 0 Å². The van der Waals surface area contributed by atoms with Crippen LogP contribution in [0.15, 0.2) is 0 Å². The molecule has 0 aromatic carbocycles. The lowest BCUT2D eigenvalue weighted by atomic mass is 9.73. The lowest BCUT2D eigenvalue weighted by Crippen LogP contribution is -2.57. The summed E-state index contributed by atoms with van der Waals surface area (Å²) in [4.78, 5) is 146. The van der Waals surface area contributed by atoms with Crippen molar-refractivity contribution in [1.82, 2.24) is 24.9 Å². The molecule has 12 rings (SSSR count). The highest BCUT2D eigenvalue weighted by Crippen LogP contribution is 2.89. The molecule has 4 heterocycles. The molecule has 6 N–H and O–H groups in total. The van der Waals surface area contributed by atoms with Crippen molar-refractivity contribution in [2.75, 3.05) is 26.2 Å². The second kappa shape index (κ2) is 38.0. The smallest absolute Gasteiger partial charge is 0.320 e. The number of rotatable bonds is 33. The molecule has 8 saturated carbocycles. The van der Waals surface area contributed by atoms with Crippen molar-refractivity contribution in [3.8, 4) is 0 Å². The summed E-state index contributed by atoms with van der Waals surface area (Å²) < 4.78 is 0. The average Bonchev–Trinajstić information content (AvgIpc) is 1.46. The minimum Gasteiger partial charge on any atom is -0.480 e. The summed E-state index contributed by atoms with van der Waals surface area (Å²) in [5, 5.41) is 34.6. The van der Waals surface area contributed by atoms with Crippen molar-refractivity contribution < 1.29 is 63.3 Å². The highest BCUT2D eigenvalue weighted by atomic mass is 35.5. The fraction of sp³-hybridized carbons (Fsp3) is 0.894. The number of aliphatic carboxylic acids is 1. The molecule has 4 saturated heterocycles. The van der Waals surface area contributed by atoms with Gasteiger partial charge in [-0.15, -0.1) is 12.4 Å². The van der Waals surface area contributed by atoms with Gasteiger partial charge in [0.05, 0.1) is 30.2 Å². The molecule has 12 fully saturated rings. The van der Waals surface area contributed by atoms with E-state index in [4.69, 9.17) is 10.8 Å². The highest BCUT2D eigenvalue weighted by Gasteiger charge is 2.86. The fourth-order valence-electron chi connectivity index (χ4n) is 24.7. The number of nitrogens with zero attached hydrogens (tertiary/aromatic N) is 4. The van der Waals surface area contributed by atoms with Gasteiger partial charge in [-0.3, -0.25) is 57.7 Å². The molecule has 2 unspecified atom stereocenters. The number of aliphatic hydroxyl groups excluding tert-OH is 2. The van der Waals surface area contributed by atoms with Crippen LogP contribution in [0.2, 0.25) is 0 Å². The summed E-state index contributed by atoms with van der Waals surface area (Å²) >= 11 is 0. The molecule has 0 aromatic rings. The summed E-state index contributed by atoms with van der Waals surface area (Å²) in [7, 11) is 0. The summed E-state index contributed by atoms with van der Waals surface area (Å²) in [6.07, 6.45) is 29.8. The van der Waals surface area contributed by atoms with Crippen molar-refractivity contribution >= 4 is 70.8 Å². The number of aliphatic hydroxyl groups is 2. The second-order valence-corrected chi connectivity index (χ2v) is 42.7. The maximum absolute atomic E-state index is 15.3. The molecule has 14 atom stereocenters. The lowest BCUT2D eigenvalue weighted by molar-refractivity contribution is -0.147. The summed E-state index contributed by atoms with van der Waals surface area (Å²) in [6.45, 7) is 36.7. The van der Waals surface area contributed by atoms with Gasteiger partial charge in [0.1, 0.15) is 18.2 Å². The van der Waals surface area contributed by atoms with Crippen molar-refractivity contribution in [2.24, 2.45) is 96.4 Å². The molecular weight excluding hydrogens is 1460 g/mol. The number of Topliss-reactive ketones (excluding diaryl/α,β-unsaturated/α-hetero) is 6. The van der Waals surface area contributed by atoms with Gasteiger partial charge in [0, 0.05) is 86.4 Å². The normalized spacial score (nSPS) is 29.2. The highest BCUT2D eigenvalue weighted by molar-refractivity contribution is 5.97. The number of nitrogens with two attached hydrogens (primary N) is 1. The Morgan fingerprint density at radius 2 is 0.825 bits per heavy atom. The third-order valence-electron chi connectivity index (χ3n) is 32.9. The number of ketones is 6. The number of fused-ring (bicyclic) bond motifs is 2. The first-order valence-corrected chi connectivity index (χ1v) is 46.1. The van der Waals surface area contributed by atoms with Crippen LogP contribution in [-0.4, -0.2) is 180 Å². The lowest BCUT2D eigenvalue weighted by Gasteiger charge is -2.40. The Kier molecular flexibility index (Phi) is 31.2. The molecule has 20 heteroatoms. The van der Waals surface area contributed by atoms with Gasteiger partial charge < -0.3 is 36.2 Å². The van der Waals surface area contributed by atoms with Gasteiger partial charge in [-0.05, 0) is 237 Å². The molecule has 19 nitrogen and oxygen atoms in total. The Bertz CT molecular complexity index is 3360. The number of likely N-dealkylation sites (tertiary alicyclic amines) is 4. The minimum atomic E-state index is -1.16. The van der Waals surface area contributed by atoms with Crippen LogP contribution in [-0.2, 0) is 47.9 Å². The van der Waals surface area contributed by atoms with Gasteiger partial charge in [-0.1, -0.05) is 160 Å². The summed E-state index contributed by atoms with van der Waals surface area (Å²) in [6, 6.07) is -2.32. The van der Waals surface area contributed by atoms with Crippen LogP contribution in [0.5, 0.6) is 0 Å². The van der Waals surface area contributed by atoms with E-state index in [1.807, 2.05) is 65.2 Å². The molecule has 114 heavy (non-hydrogen) atoms. The third kappa shape index (κ3) is 19.5. The molecular formula is C94H157ClN6O13. The quantitative estimate of drug-likeness (QED) is 0.0408. The van der Waals surface area contributed by atoms with E-state index in [2.05, 4.69) is 70.5 Å². The predicted molar refractivity (Wildman–Crippen MR) is 450 cm³/mol. The van der Waals surface area contributed by atoms with Crippen LogP contribution < -0.4 is 11.1 Å². The van der Waals surface area contributed by atoms with Crippen molar-refractivity contribution in [3.63, 3.8) is 0 Å². The Labute approximate surface area is 693 Å². The maximum atomic E-state index is 15.3. The van der Waals surface area contributed by atoms with E-state index in [1.54, 1.807) is 0 Å². The monoisotopic (exact) mass is 1610 g/mol. The van der Waals surface area contributed by atoms with E-state index < -0.39 is 76.8 Å². The van der Waals surface area contributed by atoms with Gasteiger partial charge in [-0.25, -0.2) is 0 Å². The molecule has 3 amide bonds. The molecule has 0 aromatic heterocycles. The van der Waals surface area contributed by atoms with Gasteiger partial charge >= 0.3 is 5.97 Å². The van der Waals surface area contributed by atoms with Crippen LogP contribution in [0.25, 0.3) is 0 Å². The van der Waals surface area contributed by atoms with Crippen LogP contribution in [0.4, 0.5) is 0 Å². The standard InChI is InChI=1S/C47H77N3O6.C38H62N2O5.C9H17NO2.ClH/c1-9-16-33(41(54)39(53)25-31-20-21-31)26-37(51)36-28-47(45(7,8)46(47)22-15-23-46)29-50(36)43(56)34(44(4,5)6)27-38(52)40(32-17-11-10-12-18-32)48-42(55)35-19-13-14-24-49(35)30(2)3;1-7-12-26(33(44)31(43)19-24-15-16-24)20-29(41)28-22-38(36(5,6)37(38)17-11-18-37)23-40(28)34(45)27(35(2,3)4)21-30(42)32(39)25-13-9-8-10-14-25;1-7(2)10-6-4-3-5-8(10)9(11)12;/h30-36,40-41,54H,9-29H2,1-8H3,(H,48,55);24-28,32-33,44H,7-23,39H2,1-6H3;7-8H,3-6H2,1-2H3,(H,11,12);1H/t33-,34-,35+,36+,40+,41?,47-;26-,27-,28+,32+,33?,38-;8-;/m110./s1. The van der Waals surface area contributed by atoms with E-state index >= 15 is 4.79 Å². The van der Waals surface area contributed by atoms with Crippen molar-refractivity contribution in [1.29, 1.82) is 0 Å². The predicted octanol–water partition coefficient (Wildman–Crippen LogP) is 16.0. The van der Waals surface area contributed by atoms with Gasteiger partial charge in [0.2, 0.25) is 17.7 Å². The van der Waals surface area contributed by atoms with Crippen LogP contribution >= 0.6 is 12.4 Å². The first-order valence-electron chi connectivity index (χ1n) is 46.1. The number of carboxylic acids is 1. The Hall–Kier alpha value is -4.01. The SMILES string of the molecule is CC(C)N1CCCC[C@H]1C(=O)O.CCC[C@H](CC(=O)[C@@H]1C[C@@]2(CN1C(=O)[C@@H](CC(=O)[C@@H](N)C1CCCCC1)C(C)(C)C)C(C)(C)C21CCC1)C(O)C(=O)CC1CC1.CCC[C@H](CC(=O)[C@@H]1C[C@@]2(CN1C(=O)[C@@H](CC(=O)[C@@H](NC(=O)[C@@H]1CCCCN1C(C)C)C1CCCCC1)C(C)(C)C)C(C)(C)C21CCC1)C(O)C(=O)CC1CC1.Cl. The molecule has 4 spiro atoms. The van der Waals surface area contributed by atoms with E-state index in [1.165, 1.54) is 12.8 Å². The van der Waals surface area contributed by atoms with Crippen LogP contribution in [0.1, 0.15) is 355 Å². The van der Waals surface area contributed by atoms with E-state index in [9.17, 15) is 53.4 Å². The Morgan fingerprint density at radius 3 is 1.16 bits per heavy atom. The topological polar surface area (TPSA) is 282 Å². The first-order chi connectivity index (χ1) is 53.1. The molecule has 0 radical (unpaired) electrons. The molecule has 8 aliphatic carbocycles. The average molecular weight is 1610 g/mol. The fourth-order valence-corrected chi connectivity index (χ4v) is 24.7. The second-order valence-electron chi connectivity index (χ2n) is 42.7. The van der Waals surface area contributed by atoms with Gasteiger partial charge in [0.15, 0.2) is 34.7 Å². The summed E-state index contributed by atoms with van der Waals surface area (Å²) in [5.74, 6) is -2.61. The first kappa shape index (κ1) is 93.9. The number of hydrogen-bond acceptors (Lipinski definition) is 15. The van der Waals surface area contributed by atoms with Crippen molar-refractivity contribution in [2.45, 2.75) is 415 Å². The number of nitrogens with one attached hydrogen (secondary N) is 1. The van der Waals surface area contributed by atoms with E-state index in [-0.39, 0.29) is 153 Å². The number of hydrogen-bond donors (Lipinski definition) is 5. The Balaban J connectivity index is 0.000000229. The number of carbonyl (C=O) groups is 10. The van der Waals surface area contributed by atoms with E-state index in [0.29, 0.717) is 69.5 Å². The molecule has 648 valence electrons. The zero-order valence-corrected chi connectivity index (χ0v) is 74.6. The molecule has 0 bridgehead atoms. The Morgan fingerprint density at radius 1 is 0.456 bits per heavy atom. The molecule has 12 aliphatic rings. The van der Waals surface area contributed by atoms with E-state index in [0.717, 1.165) is 180 Å². The van der Waals surface area contributed by atoms with Crippen LogP contribution in [0, 0.1) is 90.7 Å². The maximum Gasteiger partial charge on any atom is 0.320 e. The van der Waals surface area contributed by atoms with Crippen molar-refractivity contribution in [3.05, 3.63) is 0 Å². The largest absolute Gasteiger partial charge is 0.480 e. The number of amides is 3. The third-order valence-corrected chi connectivity index (χ3v) is 32.9. The number of halogens is 1. The number of piperidine rings is 2. The zero-order valence-electron chi connectivity index (χ0n) is 73.8. The minimum absolute atomic E-state index is 0. The number of carbonyl (C=O) groups excluding carboxylic acids is 9. The van der Waals surface area contributed by atoms with Gasteiger partial charge in [0.25, 0.3) is 0 Å². The van der Waals surface area contributed by atoms with Crippen LogP contribution in [0.3, 0.4) is 0 Å².